The van der Waals surface area contributed by atoms with E-state index in [1.54, 1.807) is 12.1 Å². The van der Waals surface area contributed by atoms with Crippen LogP contribution in [-0.4, -0.2) is 12.5 Å². The molecular weight excluding hydrogens is 154 g/mol. The van der Waals surface area contributed by atoms with Crippen LogP contribution in [0.2, 0.25) is 0 Å². The third-order valence-electron chi connectivity index (χ3n) is 1.28. The predicted molar refractivity (Wildman–Crippen MR) is 45.1 cm³/mol. The number of para-hydroxylation sites is 1. The van der Waals surface area contributed by atoms with Crippen molar-refractivity contribution in [1.82, 2.24) is 0 Å². The fourth-order valence-electron chi connectivity index (χ4n) is 0.794. The first kappa shape index (κ1) is 8.39. The average Bonchev–Trinajstić information content (AvgIpc) is 2.06. The van der Waals surface area contributed by atoms with E-state index in [1.807, 2.05) is 18.2 Å². The van der Waals surface area contributed by atoms with Crippen LogP contribution in [-0.2, 0) is 4.79 Å². The molecule has 62 valence electrons. The van der Waals surface area contributed by atoms with E-state index in [0.29, 0.717) is 0 Å². The molecule has 2 N–H and O–H groups in total. The van der Waals surface area contributed by atoms with E-state index in [-0.39, 0.29) is 12.5 Å². The zero-order valence-corrected chi connectivity index (χ0v) is 6.45. The predicted octanol–water partition coefficient (Wildman–Crippen LogP) is 1.66. The number of rotatable bonds is 3. The minimum absolute atomic E-state index is 0.116. The van der Waals surface area contributed by atoms with E-state index < -0.39 is 0 Å². The molecule has 4 nitrogen and oxygen atoms in total. The summed E-state index contributed by atoms with van der Waals surface area (Å²) < 4.78 is 0. The highest BCUT2D eigenvalue weighted by atomic mass is 16.1. The van der Waals surface area contributed by atoms with Crippen LogP contribution in [0.4, 0.5) is 5.69 Å². The van der Waals surface area contributed by atoms with Crippen molar-refractivity contribution in [3.05, 3.63) is 30.3 Å². The summed E-state index contributed by atoms with van der Waals surface area (Å²) in [5.74, 6) is -0.267. The topological polar surface area (TPSA) is 65.3 Å². The van der Waals surface area contributed by atoms with Crippen LogP contribution in [0.15, 0.2) is 35.4 Å². The van der Waals surface area contributed by atoms with Gasteiger partial charge in [-0.3, -0.25) is 4.79 Å². The Morgan fingerprint density at radius 2 is 2.08 bits per heavy atom. The molecule has 0 spiro atoms. The quantitative estimate of drug-likeness (QED) is 0.654. The van der Waals surface area contributed by atoms with Crippen molar-refractivity contribution in [1.29, 1.82) is 5.53 Å². The molecule has 0 radical (unpaired) electrons. The second kappa shape index (κ2) is 4.23. The lowest BCUT2D eigenvalue weighted by Crippen LogP contribution is -2.13. The van der Waals surface area contributed by atoms with Gasteiger partial charge in [0.05, 0.1) is 0 Å². The minimum Gasteiger partial charge on any atom is -0.324 e. The Bertz CT molecular complexity index is 271. The monoisotopic (exact) mass is 163 g/mol. The molecule has 0 saturated heterocycles. The van der Waals surface area contributed by atoms with Crippen LogP contribution >= 0.6 is 0 Å². The third-order valence-corrected chi connectivity index (χ3v) is 1.28. The molecule has 4 heteroatoms. The van der Waals surface area contributed by atoms with Gasteiger partial charge in [0.2, 0.25) is 5.91 Å². The number of nitrogens with one attached hydrogen (secondary N) is 2. The number of amides is 1. The Hall–Kier alpha value is -1.71. The molecule has 0 aliphatic heterocycles. The maximum atomic E-state index is 10.9. The molecule has 0 aliphatic rings. The highest BCUT2D eigenvalue weighted by molar-refractivity contribution is 5.92. The molecule has 1 aromatic rings. The third kappa shape index (κ3) is 2.49. The van der Waals surface area contributed by atoms with Gasteiger partial charge in [-0.2, -0.15) is 5.11 Å². The minimum atomic E-state index is -0.267. The standard InChI is InChI=1S/C8H9N3O/c9-10-6-8(12)11-7-4-2-1-3-5-7/h1-5,9H,6H2,(H,11,12). The van der Waals surface area contributed by atoms with Gasteiger partial charge in [-0.1, -0.05) is 18.2 Å². The van der Waals surface area contributed by atoms with E-state index in [9.17, 15) is 4.79 Å². The highest BCUT2D eigenvalue weighted by Crippen LogP contribution is 2.03. The fourth-order valence-corrected chi connectivity index (χ4v) is 0.794. The molecule has 0 atom stereocenters. The van der Waals surface area contributed by atoms with E-state index in [2.05, 4.69) is 10.4 Å². The van der Waals surface area contributed by atoms with Gasteiger partial charge in [0.25, 0.3) is 0 Å². The van der Waals surface area contributed by atoms with Gasteiger partial charge in [-0.05, 0) is 12.1 Å². The number of hydrogen-bond donors (Lipinski definition) is 2. The molecule has 0 bridgehead atoms. The van der Waals surface area contributed by atoms with Gasteiger partial charge < -0.3 is 5.32 Å². The van der Waals surface area contributed by atoms with Gasteiger partial charge >= 0.3 is 0 Å². The summed E-state index contributed by atoms with van der Waals surface area (Å²) in [5, 5.41) is 5.56. The van der Waals surface area contributed by atoms with Gasteiger partial charge in [-0.25, -0.2) is 5.53 Å². The maximum absolute atomic E-state index is 10.9. The summed E-state index contributed by atoms with van der Waals surface area (Å²) in [4.78, 5) is 10.9. The van der Waals surface area contributed by atoms with Crippen LogP contribution in [0.25, 0.3) is 0 Å². The number of nitrogens with zero attached hydrogens (tertiary/aromatic N) is 1. The van der Waals surface area contributed by atoms with Gasteiger partial charge in [0.15, 0.2) is 0 Å². The Kier molecular flexibility index (Phi) is 2.95. The first-order valence-corrected chi connectivity index (χ1v) is 3.51. The summed E-state index contributed by atoms with van der Waals surface area (Å²) in [6, 6.07) is 9.08. The van der Waals surface area contributed by atoms with Crippen LogP contribution in [0.3, 0.4) is 0 Å². The maximum Gasteiger partial charge on any atom is 0.247 e. The van der Waals surface area contributed by atoms with E-state index in [4.69, 9.17) is 5.53 Å². The lowest BCUT2D eigenvalue weighted by Gasteiger charge is -2.00. The summed E-state index contributed by atoms with van der Waals surface area (Å²) in [6.45, 7) is -0.116. The molecule has 0 fully saturated rings. The largest absolute Gasteiger partial charge is 0.324 e. The molecule has 12 heavy (non-hydrogen) atoms. The van der Waals surface area contributed by atoms with Crippen molar-refractivity contribution in [2.24, 2.45) is 5.11 Å². The van der Waals surface area contributed by atoms with E-state index >= 15 is 0 Å². The molecule has 1 amide bonds. The van der Waals surface area contributed by atoms with Crippen molar-refractivity contribution >= 4 is 11.6 Å². The zero-order chi connectivity index (χ0) is 8.81. The molecule has 0 unspecified atom stereocenters. The Morgan fingerprint density at radius 3 is 2.67 bits per heavy atom. The Balaban J connectivity index is 2.52. The van der Waals surface area contributed by atoms with E-state index in [0.717, 1.165) is 5.69 Å². The summed E-state index contributed by atoms with van der Waals surface area (Å²) in [6.07, 6.45) is 0. The number of hydrogen-bond acceptors (Lipinski definition) is 3. The highest BCUT2D eigenvalue weighted by Gasteiger charge is 1.98. The van der Waals surface area contributed by atoms with E-state index in [1.165, 1.54) is 0 Å². The number of anilines is 1. The zero-order valence-electron chi connectivity index (χ0n) is 6.45. The Morgan fingerprint density at radius 1 is 1.42 bits per heavy atom. The van der Waals surface area contributed by atoms with Crippen LogP contribution in [0.5, 0.6) is 0 Å². The average molecular weight is 163 g/mol. The number of carbonyl (C=O) groups is 1. The smallest absolute Gasteiger partial charge is 0.247 e. The summed E-state index contributed by atoms with van der Waals surface area (Å²) in [5.41, 5.74) is 7.19. The molecule has 0 heterocycles. The molecule has 0 saturated carbocycles. The number of carbonyl (C=O) groups excluding carboxylic acids is 1. The van der Waals surface area contributed by atoms with Gasteiger partial charge in [0.1, 0.15) is 6.54 Å². The lowest BCUT2D eigenvalue weighted by molar-refractivity contribution is -0.115. The van der Waals surface area contributed by atoms with Crippen molar-refractivity contribution in [2.45, 2.75) is 0 Å². The fraction of sp³-hybridized carbons (Fsp3) is 0.125. The Labute approximate surface area is 70.1 Å². The molecular formula is C8H9N3O. The SMILES string of the molecule is N=NCC(=O)Nc1ccccc1. The lowest BCUT2D eigenvalue weighted by atomic mass is 10.3. The van der Waals surface area contributed by atoms with Crippen LogP contribution < -0.4 is 5.32 Å². The van der Waals surface area contributed by atoms with Crippen LogP contribution in [0, 0.1) is 5.53 Å². The molecule has 0 aliphatic carbocycles. The van der Waals surface area contributed by atoms with Gasteiger partial charge in [0, 0.05) is 5.69 Å². The normalized spacial score (nSPS) is 9.00. The van der Waals surface area contributed by atoms with Crippen LogP contribution in [0.1, 0.15) is 0 Å². The van der Waals surface area contributed by atoms with Crippen molar-refractivity contribution in [2.75, 3.05) is 11.9 Å². The summed E-state index contributed by atoms with van der Waals surface area (Å²) >= 11 is 0. The molecule has 0 aromatic heterocycles. The van der Waals surface area contributed by atoms with Crippen molar-refractivity contribution in [3.63, 3.8) is 0 Å². The second-order valence-electron chi connectivity index (χ2n) is 2.23. The van der Waals surface area contributed by atoms with Gasteiger partial charge in [-0.15, -0.1) is 0 Å². The number of benzene rings is 1. The van der Waals surface area contributed by atoms with Crippen molar-refractivity contribution in [3.8, 4) is 0 Å². The first-order valence-electron chi connectivity index (χ1n) is 3.51. The molecule has 1 rings (SSSR count). The molecule has 1 aromatic carbocycles. The van der Waals surface area contributed by atoms with Crippen molar-refractivity contribution < 1.29 is 4.79 Å². The summed E-state index contributed by atoms with van der Waals surface area (Å²) in [7, 11) is 0. The first-order chi connectivity index (χ1) is 5.83. The second-order valence-corrected chi connectivity index (χ2v) is 2.23.